The standard InChI is InChI=1S/C15H18N2O/c1-15(2,11-16)7-8-17-9-12(10-18)13-5-3-4-6-14(13)17/h3-6,9,18H,7-8,10H2,1-2H3. The number of fused-ring (bicyclic) bond motifs is 1. The largest absolute Gasteiger partial charge is 0.392 e. The van der Waals surface area contributed by atoms with Crippen molar-refractivity contribution in [2.24, 2.45) is 5.41 Å². The molecule has 94 valence electrons. The lowest BCUT2D eigenvalue weighted by Gasteiger charge is -2.15. The summed E-state index contributed by atoms with van der Waals surface area (Å²) in [7, 11) is 0. The third-order valence-electron chi connectivity index (χ3n) is 3.32. The van der Waals surface area contributed by atoms with E-state index in [-0.39, 0.29) is 12.0 Å². The van der Waals surface area contributed by atoms with Crippen LogP contribution in [0.2, 0.25) is 0 Å². The van der Waals surface area contributed by atoms with Crippen LogP contribution in [0.3, 0.4) is 0 Å². The molecule has 0 atom stereocenters. The summed E-state index contributed by atoms with van der Waals surface area (Å²) in [5.74, 6) is 0. The molecule has 3 nitrogen and oxygen atoms in total. The van der Waals surface area contributed by atoms with Crippen LogP contribution >= 0.6 is 0 Å². The lowest BCUT2D eigenvalue weighted by atomic mass is 9.91. The van der Waals surface area contributed by atoms with Gasteiger partial charge in [0.25, 0.3) is 0 Å². The zero-order valence-corrected chi connectivity index (χ0v) is 10.8. The van der Waals surface area contributed by atoms with Gasteiger partial charge in [0.1, 0.15) is 0 Å². The van der Waals surface area contributed by atoms with Crippen molar-refractivity contribution in [1.29, 1.82) is 5.26 Å². The highest BCUT2D eigenvalue weighted by Gasteiger charge is 2.17. The smallest absolute Gasteiger partial charge is 0.0702 e. The number of nitriles is 1. The summed E-state index contributed by atoms with van der Waals surface area (Å²) in [4.78, 5) is 0. The first kappa shape index (κ1) is 12.7. The second kappa shape index (κ2) is 4.83. The molecule has 1 heterocycles. The van der Waals surface area contributed by atoms with E-state index in [1.54, 1.807) is 0 Å². The Kier molecular flexibility index (Phi) is 3.40. The zero-order valence-electron chi connectivity index (χ0n) is 10.8. The van der Waals surface area contributed by atoms with Gasteiger partial charge in [0.05, 0.1) is 18.1 Å². The summed E-state index contributed by atoms with van der Waals surface area (Å²) in [6.45, 7) is 4.74. The van der Waals surface area contributed by atoms with E-state index in [0.717, 1.165) is 29.4 Å². The van der Waals surface area contributed by atoms with Crippen LogP contribution in [-0.2, 0) is 13.2 Å². The Morgan fingerprint density at radius 3 is 2.72 bits per heavy atom. The van der Waals surface area contributed by atoms with Crippen molar-refractivity contribution in [3.8, 4) is 6.07 Å². The highest BCUT2D eigenvalue weighted by atomic mass is 16.3. The Hall–Kier alpha value is -1.79. The first-order chi connectivity index (χ1) is 8.57. The number of aliphatic hydroxyl groups is 1. The predicted octanol–water partition coefficient (Wildman–Crippen LogP) is 3.07. The van der Waals surface area contributed by atoms with Crippen molar-refractivity contribution in [3.05, 3.63) is 36.0 Å². The minimum absolute atomic E-state index is 0.0508. The zero-order chi connectivity index (χ0) is 13.2. The molecule has 0 bridgehead atoms. The van der Waals surface area contributed by atoms with Crippen LogP contribution in [0.25, 0.3) is 10.9 Å². The van der Waals surface area contributed by atoms with E-state index in [4.69, 9.17) is 5.26 Å². The Morgan fingerprint density at radius 2 is 2.06 bits per heavy atom. The van der Waals surface area contributed by atoms with Crippen molar-refractivity contribution >= 4 is 10.9 Å². The number of aryl methyl sites for hydroxylation is 1. The maximum absolute atomic E-state index is 9.36. The van der Waals surface area contributed by atoms with Gasteiger partial charge >= 0.3 is 0 Å². The van der Waals surface area contributed by atoms with Gasteiger partial charge in [-0.3, -0.25) is 0 Å². The van der Waals surface area contributed by atoms with Crippen LogP contribution in [0.1, 0.15) is 25.8 Å². The molecule has 2 rings (SSSR count). The van der Waals surface area contributed by atoms with E-state index < -0.39 is 0 Å². The number of para-hydroxylation sites is 1. The van der Waals surface area contributed by atoms with Crippen LogP contribution in [0.4, 0.5) is 0 Å². The van der Waals surface area contributed by atoms with Gasteiger partial charge in [0.15, 0.2) is 0 Å². The van der Waals surface area contributed by atoms with E-state index in [9.17, 15) is 5.11 Å². The van der Waals surface area contributed by atoms with Gasteiger partial charge in [-0.1, -0.05) is 18.2 Å². The molecule has 0 saturated heterocycles. The molecular formula is C15H18N2O. The first-order valence-corrected chi connectivity index (χ1v) is 6.16. The number of hydrogen-bond acceptors (Lipinski definition) is 2. The number of rotatable bonds is 4. The molecule has 18 heavy (non-hydrogen) atoms. The predicted molar refractivity (Wildman–Crippen MR) is 71.9 cm³/mol. The van der Waals surface area contributed by atoms with Gasteiger partial charge in [0.2, 0.25) is 0 Å². The van der Waals surface area contributed by atoms with E-state index in [2.05, 4.69) is 10.6 Å². The van der Waals surface area contributed by atoms with Gasteiger partial charge in [-0.15, -0.1) is 0 Å². The number of aliphatic hydroxyl groups excluding tert-OH is 1. The molecule has 0 fully saturated rings. The minimum Gasteiger partial charge on any atom is -0.392 e. The van der Waals surface area contributed by atoms with E-state index in [1.165, 1.54) is 0 Å². The van der Waals surface area contributed by atoms with E-state index >= 15 is 0 Å². The fourth-order valence-electron chi connectivity index (χ4n) is 2.09. The quantitative estimate of drug-likeness (QED) is 0.895. The average molecular weight is 242 g/mol. The second-order valence-electron chi connectivity index (χ2n) is 5.27. The normalized spacial score (nSPS) is 11.7. The topological polar surface area (TPSA) is 49.0 Å². The fourth-order valence-corrected chi connectivity index (χ4v) is 2.09. The summed E-state index contributed by atoms with van der Waals surface area (Å²) in [5, 5.41) is 19.5. The van der Waals surface area contributed by atoms with Gasteiger partial charge in [-0.05, 0) is 26.3 Å². The van der Waals surface area contributed by atoms with Crippen molar-refractivity contribution in [1.82, 2.24) is 4.57 Å². The van der Waals surface area contributed by atoms with Gasteiger partial charge < -0.3 is 9.67 Å². The summed E-state index contributed by atoms with van der Waals surface area (Å²) in [6, 6.07) is 10.4. The lowest BCUT2D eigenvalue weighted by molar-refractivity contribution is 0.283. The molecule has 0 unspecified atom stereocenters. The highest BCUT2D eigenvalue weighted by Crippen LogP contribution is 2.25. The second-order valence-corrected chi connectivity index (χ2v) is 5.27. The van der Waals surface area contributed by atoms with Gasteiger partial charge in [-0.2, -0.15) is 5.26 Å². The Bertz CT molecular complexity index is 590. The molecule has 1 aromatic heterocycles. The summed E-state index contributed by atoms with van der Waals surface area (Å²) in [5.41, 5.74) is 1.75. The highest BCUT2D eigenvalue weighted by molar-refractivity contribution is 5.83. The molecule has 0 radical (unpaired) electrons. The molecule has 0 aliphatic heterocycles. The van der Waals surface area contributed by atoms with Crippen LogP contribution in [-0.4, -0.2) is 9.67 Å². The van der Waals surface area contributed by atoms with Crippen LogP contribution in [0, 0.1) is 16.7 Å². The third-order valence-corrected chi connectivity index (χ3v) is 3.32. The Balaban J connectivity index is 2.32. The lowest BCUT2D eigenvalue weighted by Crippen LogP contribution is -2.11. The molecule has 1 aromatic carbocycles. The summed E-state index contributed by atoms with van der Waals surface area (Å²) < 4.78 is 2.12. The van der Waals surface area contributed by atoms with Crippen molar-refractivity contribution in [2.45, 2.75) is 33.4 Å². The Morgan fingerprint density at radius 1 is 1.33 bits per heavy atom. The number of hydrogen-bond donors (Lipinski definition) is 1. The monoisotopic (exact) mass is 242 g/mol. The maximum Gasteiger partial charge on any atom is 0.0702 e. The molecular weight excluding hydrogens is 224 g/mol. The van der Waals surface area contributed by atoms with Crippen molar-refractivity contribution in [3.63, 3.8) is 0 Å². The van der Waals surface area contributed by atoms with E-state index in [0.29, 0.717) is 0 Å². The molecule has 1 N–H and O–H groups in total. The van der Waals surface area contributed by atoms with Crippen LogP contribution in [0.15, 0.2) is 30.5 Å². The number of benzene rings is 1. The Labute approximate surface area is 107 Å². The van der Waals surface area contributed by atoms with Crippen LogP contribution < -0.4 is 0 Å². The first-order valence-electron chi connectivity index (χ1n) is 6.16. The number of aromatic nitrogens is 1. The van der Waals surface area contributed by atoms with Gasteiger partial charge in [-0.25, -0.2) is 0 Å². The van der Waals surface area contributed by atoms with Gasteiger partial charge in [0, 0.05) is 29.2 Å². The SMILES string of the molecule is CC(C)(C#N)CCn1cc(CO)c2ccccc21. The average Bonchev–Trinajstić information content (AvgIpc) is 2.75. The van der Waals surface area contributed by atoms with Crippen LogP contribution in [0.5, 0.6) is 0 Å². The van der Waals surface area contributed by atoms with Crippen molar-refractivity contribution < 1.29 is 5.11 Å². The summed E-state index contributed by atoms with van der Waals surface area (Å²) >= 11 is 0. The molecule has 0 amide bonds. The molecule has 0 spiro atoms. The van der Waals surface area contributed by atoms with E-state index in [1.807, 2.05) is 44.3 Å². The van der Waals surface area contributed by atoms with Crippen molar-refractivity contribution in [2.75, 3.05) is 0 Å². The molecule has 0 saturated carbocycles. The third kappa shape index (κ3) is 2.39. The molecule has 0 aliphatic carbocycles. The summed E-state index contributed by atoms with van der Waals surface area (Å²) in [6.07, 6.45) is 2.78. The molecule has 3 heteroatoms. The molecule has 2 aromatic rings. The maximum atomic E-state index is 9.36. The number of nitrogens with zero attached hydrogens (tertiary/aromatic N) is 2. The minimum atomic E-state index is -0.315. The fraction of sp³-hybridized carbons (Fsp3) is 0.400. The molecule has 0 aliphatic rings.